The van der Waals surface area contributed by atoms with Gasteiger partial charge in [0.1, 0.15) is 18.1 Å². The summed E-state index contributed by atoms with van der Waals surface area (Å²) in [4.78, 5) is 24.9. The number of methoxy groups -OCH3 is 1. The highest BCUT2D eigenvalue weighted by atomic mass is 125. The first-order valence-corrected chi connectivity index (χ1v) is 8.43. The van der Waals surface area contributed by atoms with Crippen molar-refractivity contribution >= 4 is 34.2 Å². The molecule has 3 rings (SSSR count). The van der Waals surface area contributed by atoms with E-state index < -0.39 is 0 Å². The van der Waals surface area contributed by atoms with E-state index in [1.54, 1.807) is 11.6 Å². The lowest BCUT2D eigenvalue weighted by Gasteiger charge is -2.13. The number of halogens is 1. The van der Waals surface area contributed by atoms with Crippen LogP contribution in [-0.2, 0) is 18.4 Å². The summed E-state index contributed by atoms with van der Waals surface area (Å²) in [5.74, 6) is 0.266. The molecular weight excluding hydrogens is 419 g/mol. The Morgan fingerprint density at radius 3 is 2.46 bits per heavy atom. The van der Waals surface area contributed by atoms with E-state index in [0.29, 0.717) is 22.6 Å². The number of ether oxygens (including phenoxy) is 2. The number of aromatic nitrogens is 1. The largest absolute Gasteiger partial charge is 0.492 e. The van der Waals surface area contributed by atoms with Crippen LogP contribution in [0.5, 0.6) is 5.75 Å². The Kier molecular flexibility index (Phi) is 4.49. The van der Waals surface area contributed by atoms with Gasteiger partial charge in [-0.1, -0.05) is 0 Å². The quantitative estimate of drug-likeness (QED) is 0.691. The second kappa shape index (κ2) is 6.43. The molecule has 0 unspecified atom stereocenters. The molecule has 24 heavy (non-hydrogen) atoms. The van der Waals surface area contributed by atoms with E-state index in [0.717, 1.165) is 9.26 Å². The molecule has 0 fully saturated rings. The van der Waals surface area contributed by atoms with Crippen LogP contribution in [0.25, 0.3) is 0 Å². The number of allylic oxidation sites excluding steroid dienone is 2. The first-order chi connectivity index (χ1) is 11.4. The number of hydrogen-bond acceptors (Lipinski definition) is 4. The van der Waals surface area contributed by atoms with Crippen LogP contribution in [0.4, 0.5) is 0 Å². The summed E-state index contributed by atoms with van der Waals surface area (Å²) >= 11 is 2.22. The maximum atomic E-state index is 12.6. The predicted molar refractivity (Wildman–Crippen MR) is 97.4 cm³/mol. The van der Waals surface area contributed by atoms with E-state index >= 15 is 0 Å². The molecule has 1 aliphatic carbocycles. The summed E-state index contributed by atoms with van der Waals surface area (Å²) in [6, 6.07) is 7.65. The van der Waals surface area contributed by atoms with Crippen LogP contribution in [0.3, 0.4) is 0 Å². The summed E-state index contributed by atoms with van der Waals surface area (Å²) in [5.41, 5.74) is 2.31. The Morgan fingerprint density at radius 2 is 1.83 bits per heavy atom. The Hall–Kier alpha value is -2.09. The average molecular weight is 435 g/mol. The fourth-order valence-electron chi connectivity index (χ4n) is 2.79. The van der Waals surface area contributed by atoms with Gasteiger partial charge in [-0.25, -0.2) is 0 Å². The Balaban J connectivity index is 1.98. The lowest BCUT2D eigenvalue weighted by molar-refractivity contribution is 0.0912. The number of benzene rings is 1. The molecule has 0 spiro atoms. The third kappa shape index (κ3) is 2.75. The smallest absolute Gasteiger partial charge is 0.230 e. The number of fused-ring (bicyclic) bond motifs is 1. The van der Waals surface area contributed by atoms with Crippen molar-refractivity contribution in [3.8, 4) is 5.75 Å². The standard InChI is InChI=1S/C18H16INO4/c1-10-13(9-24-12-6-4-11(19)5-7-12)16-17(20(10)2)14(21)8-15(23-3)18(16)22/h4-8H,9H2,1-3H3/i19-2. The number of carbonyl (C=O) groups is 2. The highest BCUT2D eigenvalue weighted by Crippen LogP contribution is 2.30. The minimum atomic E-state index is -0.281. The molecule has 0 radical (unpaired) electrons. The van der Waals surface area contributed by atoms with Crippen LogP contribution in [0, 0.1) is 10.5 Å². The number of ketones is 2. The van der Waals surface area contributed by atoms with E-state index in [4.69, 9.17) is 9.47 Å². The summed E-state index contributed by atoms with van der Waals surface area (Å²) in [6.07, 6.45) is 1.24. The van der Waals surface area contributed by atoms with Crippen molar-refractivity contribution in [1.29, 1.82) is 0 Å². The third-order valence-electron chi connectivity index (χ3n) is 4.18. The van der Waals surface area contributed by atoms with Gasteiger partial charge in [0.2, 0.25) is 11.6 Å². The molecule has 0 saturated carbocycles. The van der Waals surface area contributed by atoms with Gasteiger partial charge in [-0.15, -0.1) is 0 Å². The Bertz CT molecular complexity index is 862. The molecule has 0 aliphatic heterocycles. The van der Waals surface area contributed by atoms with Crippen LogP contribution >= 0.6 is 22.6 Å². The van der Waals surface area contributed by atoms with E-state index in [1.165, 1.54) is 13.2 Å². The molecule has 0 saturated heterocycles. The van der Waals surface area contributed by atoms with Gasteiger partial charge in [-0.05, 0) is 53.8 Å². The Labute approximate surface area is 153 Å². The first-order valence-electron chi connectivity index (χ1n) is 7.35. The number of Topliss-reactive ketones (excluding diaryl/α,β-unsaturated/α-hetero) is 1. The Morgan fingerprint density at radius 1 is 1.17 bits per heavy atom. The summed E-state index contributed by atoms with van der Waals surface area (Å²) < 4.78 is 13.7. The number of nitrogens with zero attached hydrogens (tertiary/aromatic N) is 1. The van der Waals surface area contributed by atoms with Crippen molar-refractivity contribution in [2.75, 3.05) is 7.11 Å². The lowest BCUT2D eigenvalue weighted by atomic mass is 9.96. The fraction of sp³-hybridized carbons (Fsp3) is 0.222. The second-order valence-corrected chi connectivity index (χ2v) is 6.74. The SMILES string of the molecule is COC1=CC(=O)c2c(c(COc3ccc([125I])cc3)c(C)n2C)C1=O. The van der Waals surface area contributed by atoms with Crippen molar-refractivity contribution in [3.05, 3.63) is 62.2 Å². The summed E-state index contributed by atoms with van der Waals surface area (Å²) in [5, 5.41) is 0. The van der Waals surface area contributed by atoms with E-state index in [2.05, 4.69) is 22.6 Å². The highest BCUT2D eigenvalue weighted by molar-refractivity contribution is 14.1. The van der Waals surface area contributed by atoms with Crippen LogP contribution < -0.4 is 4.74 Å². The normalized spacial score (nSPS) is 13.6. The van der Waals surface area contributed by atoms with Crippen molar-refractivity contribution in [2.24, 2.45) is 7.05 Å². The van der Waals surface area contributed by atoms with Crippen molar-refractivity contribution in [2.45, 2.75) is 13.5 Å². The maximum Gasteiger partial charge on any atom is 0.230 e. The van der Waals surface area contributed by atoms with Gasteiger partial charge >= 0.3 is 0 Å². The molecule has 124 valence electrons. The molecule has 5 nitrogen and oxygen atoms in total. The van der Waals surface area contributed by atoms with Gasteiger partial charge in [0, 0.05) is 28.0 Å². The fourth-order valence-corrected chi connectivity index (χ4v) is 3.15. The lowest BCUT2D eigenvalue weighted by Crippen LogP contribution is -2.20. The monoisotopic (exact) mass is 435 g/mol. The number of rotatable bonds is 4. The molecule has 1 aliphatic rings. The zero-order chi connectivity index (χ0) is 17.4. The number of hydrogen-bond donors (Lipinski definition) is 0. The first kappa shape index (κ1) is 16.8. The molecule has 0 bridgehead atoms. The highest BCUT2D eigenvalue weighted by Gasteiger charge is 2.34. The second-order valence-electron chi connectivity index (χ2n) is 5.50. The molecule has 1 aromatic heterocycles. The van der Waals surface area contributed by atoms with Crippen molar-refractivity contribution in [1.82, 2.24) is 4.57 Å². The van der Waals surface area contributed by atoms with Crippen molar-refractivity contribution in [3.63, 3.8) is 0 Å². The minimum Gasteiger partial charge on any atom is -0.492 e. The summed E-state index contributed by atoms with van der Waals surface area (Å²) in [7, 11) is 3.17. The van der Waals surface area contributed by atoms with Crippen molar-refractivity contribution < 1.29 is 19.1 Å². The van der Waals surface area contributed by atoms with E-state index in [9.17, 15) is 9.59 Å². The summed E-state index contributed by atoms with van der Waals surface area (Å²) in [6.45, 7) is 2.09. The van der Waals surface area contributed by atoms with Crippen LogP contribution in [0.1, 0.15) is 32.1 Å². The van der Waals surface area contributed by atoms with E-state index in [-0.39, 0.29) is 23.9 Å². The van der Waals surface area contributed by atoms with Gasteiger partial charge in [-0.2, -0.15) is 0 Å². The van der Waals surface area contributed by atoms with Crippen LogP contribution in [0.15, 0.2) is 36.1 Å². The molecule has 1 heterocycles. The molecule has 2 aromatic rings. The molecule has 0 atom stereocenters. The zero-order valence-corrected chi connectivity index (χ0v) is 15.7. The topological polar surface area (TPSA) is 57.5 Å². The molecule has 1 aromatic carbocycles. The average Bonchev–Trinajstić information content (AvgIpc) is 2.83. The van der Waals surface area contributed by atoms with Gasteiger partial charge in [-0.3, -0.25) is 9.59 Å². The van der Waals surface area contributed by atoms with Gasteiger partial charge in [0.15, 0.2) is 5.76 Å². The predicted octanol–water partition coefficient (Wildman–Crippen LogP) is 3.43. The van der Waals surface area contributed by atoms with Gasteiger partial charge < -0.3 is 14.0 Å². The third-order valence-corrected chi connectivity index (χ3v) is 4.90. The molecule has 6 heteroatoms. The van der Waals surface area contributed by atoms with Gasteiger partial charge in [0.05, 0.1) is 12.7 Å². The zero-order valence-electron chi connectivity index (χ0n) is 13.6. The molecule has 0 amide bonds. The van der Waals surface area contributed by atoms with Gasteiger partial charge in [0.25, 0.3) is 0 Å². The molecule has 0 N–H and O–H groups in total. The number of carbonyl (C=O) groups excluding carboxylic acids is 2. The maximum absolute atomic E-state index is 12.6. The van der Waals surface area contributed by atoms with Crippen LogP contribution in [0.2, 0.25) is 0 Å². The van der Waals surface area contributed by atoms with Crippen LogP contribution in [-0.4, -0.2) is 23.2 Å². The minimum absolute atomic E-state index is 0.0635. The molecular formula is C18H16INO4. The van der Waals surface area contributed by atoms with E-state index in [1.807, 2.05) is 31.2 Å².